The molecule has 0 radical (unpaired) electrons. The molecule has 2 atom stereocenters. The molecule has 1 aromatic rings. The summed E-state index contributed by atoms with van der Waals surface area (Å²) < 4.78 is 5.17. The standard InChI is InChI=1S/C14H17NO4/c1-9-10(14(17)18)7-8-15(9)13(16)11-5-3-4-6-12(11)19-2/h3-6,9-10H,7-8H2,1-2H3,(H,17,18). The highest BCUT2D eigenvalue weighted by atomic mass is 16.5. The summed E-state index contributed by atoms with van der Waals surface area (Å²) in [5, 5.41) is 9.09. The van der Waals surface area contributed by atoms with Crippen LogP contribution in [0.4, 0.5) is 0 Å². The number of hydrogen-bond acceptors (Lipinski definition) is 3. The van der Waals surface area contributed by atoms with E-state index in [4.69, 9.17) is 9.84 Å². The van der Waals surface area contributed by atoms with Gasteiger partial charge in [0.15, 0.2) is 0 Å². The van der Waals surface area contributed by atoms with Gasteiger partial charge in [-0.3, -0.25) is 9.59 Å². The highest BCUT2D eigenvalue weighted by Crippen LogP contribution is 2.28. The van der Waals surface area contributed by atoms with Gasteiger partial charge < -0.3 is 14.7 Å². The summed E-state index contributed by atoms with van der Waals surface area (Å²) in [4.78, 5) is 25.1. The van der Waals surface area contributed by atoms with Crippen LogP contribution in [0.15, 0.2) is 24.3 Å². The predicted molar refractivity (Wildman–Crippen MR) is 69.2 cm³/mol. The molecule has 0 saturated carbocycles. The monoisotopic (exact) mass is 263 g/mol. The Morgan fingerprint density at radius 2 is 2.05 bits per heavy atom. The Kier molecular flexibility index (Phi) is 3.74. The third-order valence-electron chi connectivity index (χ3n) is 3.67. The fraction of sp³-hybridized carbons (Fsp3) is 0.429. The van der Waals surface area contributed by atoms with Gasteiger partial charge in [-0.15, -0.1) is 0 Å². The van der Waals surface area contributed by atoms with Crippen molar-refractivity contribution in [2.24, 2.45) is 5.92 Å². The lowest BCUT2D eigenvalue weighted by Gasteiger charge is -2.24. The van der Waals surface area contributed by atoms with Crippen molar-refractivity contribution in [2.45, 2.75) is 19.4 Å². The molecule has 102 valence electrons. The Hall–Kier alpha value is -2.04. The van der Waals surface area contributed by atoms with Gasteiger partial charge in [-0.25, -0.2) is 0 Å². The van der Waals surface area contributed by atoms with E-state index in [0.29, 0.717) is 24.3 Å². The predicted octanol–water partition coefficient (Wildman–Crippen LogP) is 1.63. The van der Waals surface area contributed by atoms with Crippen LogP contribution in [0, 0.1) is 5.92 Å². The van der Waals surface area contributed by atoms with Crippen LogP contribution in [0.2, 0.25) is 0 Å². The number of hydrogen-bond donors (Lipinski definition) is 1. The number of amides is 1. The van der Waals surface area contributed by atoms with Crippen LogP contribution in [-0.2, 0) is 4.79 Å². The maximum Gasteiger partial charge on any atom is 0.308 e. The molecule has 0 spiro atoms. The quantitative estimate of drug-likeness (QED) is 0.900. The largest absolute Gasteiger partial charge is 0.496 e. The minimum Gasteiger partial charge on any atom is -0.496 e. The van der Waals surface area contributed by atoms with Gasteiger partial charge in [0.2, 0.25) is 0 Å². The minimum atomic E-state index is -0.845. The Bertz CT molecular complexity index is 500. The van der Waals surface area contributed by atoms with Gasteiger partial charge >= 0.3 is 5.97 Å². The summed E-state index contributed by atoms with van der Waals surface area (Å²) in [5.74, 6) is -0.992. The number of aliphatic carboxylic acids is 1. The number of nitrogens with zero attached hydrogens (tertiary/aromatic N) is 1. The molecule has 5 heteroatoms. The molecule has 1 aliphatic rings. The first-order valence-electron chi connectivity index (χ1n) is 6.23. The van der Waals surface area contributed by atoms with E-state index in [1.165, 1.54) is 7.11 Å². The van der Waals surface area contributed by atoms with Crippen LogP contribution in [-0.4, -0.2) is 41.6 Å². The third-order valence-corrected chi connectivity index (χ3v) is 3.67. The smallest absolute Gasteiger partial charge is 0.308 e. The highest BCUT2D eigenvalue weighted by molar-refractivity contribution is 5.97. The van der Waals surface area contributed by atoms with Crippen LogP contribution in [0.5, 0.6) is 5.75 Å². The van der Waals surface area contributed by atoms with Gasteiger partial charge in [-0.1, -0.05) is 12.1 Å². The molecule has 1 N–H and O–H groups in total. The fourth-order valence-electron chi connectivity index (χ4n) is 2.53. The molecule has 1 fully saturated rings. The van der Waals surface area contributed by atoms with Crippen molar-refractivity contribution in [3.63, 3.8) is 0 Å². The maximum atomic E-state index is 12.5. The second-order valence-corrected chi connectivity index (χ2v) is 4.67. The first kappa shape index (κ1) is 13.4. The molecule has 1 heterocycles. The van der Waals surface area contributed by atoms with Gasteiger partial charge in [0, 0.05) is 12.6 Å². The molecule has 1 amide bonds. The second kappa shape index (κ2) is 5.30. The highest BCUT2D eigenvalue weighted by Gasteiger charge is 2.38. The van der Waals surface area contributed by atoms with Crippen LogP contribution in [0.25, 0.3) is 0 Å². The third kappa shape index (κ3) is 2.41. The van der Waals surface area contributed by atoms with Crippen molar-refractivity contribution in [3.05, 3.63) is 29.8 Å². The number of likely N-dealkylation sites (tertiary alicyclic amines) is 1. The van der Waals surface area contributed by atoms with E-state index >= 15 is 0 Å². The Morgan fingerprint density at radius 3 is 2.63 bits per heavy atom. The second-order valence-electron chi connectivity index (χ2n) is 4.67. The number of carboxylic acid groups (broad SMARTS) is 1. The molecule has 1 aromatic carbocycles. The van der Waals surface area contributed by atoms with Gasteiger partial charge in [0.25, 0.3) is 5.91 Å². The zero-order valence-electron chi connectivity index (χ0n) is 11.0. The van der Waals surface area contributed by atoms with Crippen LogP contribution in [0.3, 0.4) is 0 Å². The van der Waals surface area contributed by atoms with Crippen molar-refractivity contribution in [1.29, 1.82) is 0 Å². The average Bonchev–Trinajstić information content (AvgIpc) is 2.80. The van der Waals surface area contributed by atoms with Gasteiger partial charge in [-0.2, -0.15) is 0 Å². The van der Waals surface area contributed by atoms with Gasteiger partial charge in [0.05, 0.1) is 18.6 Å². The van der Waals surface area contributed by atoms with Crippen LogP contribution in [0.1, 0.15) is 23.7 Å². The molecule has 2 unspecified atom stereocenters. The van der Waals surface area contributed by atoms with Crippen molar-refractivity contribution in [3.8, 4) is 5.75 Å². The molecule has 2 rings (SSSR count). The van der Waals surface area contributed by atoms with Crippen molar-refractivity contribution in [2.75, 3.05) is 13.7 Å². The number of carbonyl (C=O) groups is 2. The van der Waals surface area contributed by atoms with Crippen molar-refractivity contribution < 1.29 is 19.4 Å². The zero-order chi connectivity index (χ0) is 14.0. The number of rotatable bonds is 3. The summed E-state index contributed by atoms with van der Waals surface area (Å²) in [6.07, 6.45) is 0.497. The number of carboxylic acids is 1. The topological polar surface area (TPSA) is 66.8 Å². The molecule has 19 heavy (non-hydrogen) atoms. The Labute approximate surface area is 111 Å². The van der Waals surface area contributed by atoms with E-state index in [9.17, 15) is 9.59 Å². The van der Waals surface area contributed by atoms with Gasteiger partial charge in [-0.05, 0) is 25.5 Å². The normalized spacial score (nSPS) is 22.3. The molecule has 0 bridgehead atoms. The lowest BCUT2D eigenvalue weighted by atomic mass is 10.0. The minimum absolute atomic E-state index is 0.172. The van der Waals surface area contributed by atoms with Gasteiger partial charge in [0.1, 0.15) is 5.75 Å². The zero-order valence-corrected chi connectivity index (χ0v) is 11.0. The summed E-state index contributed by atoms with van der Waals surface area (Å²) in [6, 6.07) is 6.69. The van der Waals surface area contributed by atoms with E-state index in [1.807, 2.05) is 0 Å². The molecule has 0 aromatic heterocycles. The summed E-state index contributed by atoms with van der Waals surface area (Å²) >= 11 is 0. The van der Waals surface area contributed by atoms with Crippen LogP contribution >= 0.6 is 0 Å². The van der Waals surface area contributed by atoms with E-state index in [1.54, 1.807) is 36.1 Å². The lowest BCUT2D eigenvalue weighted by molar-refractivity contribution is -0.142. The lowest BCUT2D eigenvalue weighted by Crippen LogP contribution is -2.37. The SMILES string of the molecule is COc1ccccc1C(=O)N1CCC(C(=O)O)C1C. The number of para-hydroxylation sites is 1. The van der Waals surface area contributed by atoms with Crippen molar-refractivity contribution >= 4 is 11.9 Å². The van der Waals surface area contributed by atoms with Crippen LogP contribution < -0.4 is 4.74 Å². The summed E-state index contributed by atoms with van der Waals surface area (Å²) in [7, 11) is 1.51. The fourth-order valence-corrected chi connectivity index (χ4v) is 2.53. The molecule has 5 nitrogen and oxygen atoms in total. The van der Waals surface area contributed by atoms with E-state index < -0.39 is 11.9 Å². The molecule has 1 aliphatic heterocycles. The molecular formula is C14H17NO4. The summed E-state index contributed by atoms with van der Waals surface area (Å²) in [5.41, 5.74) is 0.475. The number of methoxy groups -OCH3 is 1. The number of benzene rings is 1. The van der Waals surface area contributed by atoms with E-state index in [0.717, 1.165) is 0 Å². The van der Waals surface area contributed by atoms with E-state index in [2.05, 4.69) is 0 Å². The summed E-state index contributed by atoms with van der Waals surface area (Å²) in [6.45, 7) is 2.24. The maximum absolute atomic E-state index is 12.5. The molecular weight excluding hydrogens is 246 g/mol. The molecule has 0 aliphatic carbocycles. The van der Waals surface area contributed by atoms with E-state index in [-0.39, 0.29) is 11.9 Å². The first-order chi connectivity index (χ1) is 9.06. The average molecular weight is 263 g/mol. The number of ether oxygens (including phenoxy) is 1. The molecule has 1 saturated heterocycles. The first-order valence-corrected chi connectivity index (χ1v) is 6.23. The number of carbonyl (C=O) groups excluding carboxylic acids is 1. The Morgan fingerprint density at radius 1 is 1.37 bits per heavy atom. The van der Waals surface area contributed by atoms with Crippen molar-refractivity contribution in [1.82, 2.24) is 4.90 Å². The Balaban J connectivity index is 2.23.